The molecule has 4 aromatic heterocycles. The average Bonchev–Trinajstić information content (AvgIpc) is 3.19. The molecule has 4 aromatic rings. The second-order valence-corrected chi connectivity index (χ2v) is 7.84. The van der Waals surface area contributed by atoms with Crippen molar-refractivity contribution in [1.82, 2.24) is 19.9 Å². The molecule has 0 aliphatic carbocycles. The van der Waals surface area contributed by atoms with Crippen molar-refractivity contribution in [3.8, 4) is 22.7 Å². The zero-order valence-corrected chi connectivity index (χ0v) is 17.9. The van der Waals surface area contributed by atoms with E-state index in [2.05, 4.69) is 9.97 Å². The molecule has 1 saturated heterocycles. The summed E-state index contributed by atoms with van der Waals surface area (Å²) in [6.07, 6.45) is 1.69. The summed E-state index contributed by atoms with van der Waals surface area (Å²) in [7, 11) is 0. The molecule has 0 bridgehead atoms. The molecule has 0 saturated carbocycles. The fourth-order valence-electron chi connectivity index (χ4n) is 3.76. The van der Waals surface area contributed by atoms with Gasteiger partial charge in [0, 0.05) is 30.5 Å². The molecule has 0 radical (unpaired) electrons. The summed E-state index contributed by atoms with van der Waals surface area (Å²) < 4.78 is 11.2. The number of H-pyrrole nitrogens is 1. The zero-order chi connectivity index (χ0) is 21.5. The van der Waals surface area contributed by atoms with E-state index in [0.29, 0.717) is 65.5 Å². The van der Waals surface area contributed by atoms with Gasteiger partial charge in [-0.05, 0) is 38.1 Å². The van der Waals surface area contributed by atoms with Gasteiger partial charge in [0.25, 0.3) is 0 Å². The number of nitrogens with one attached hydrogen (secondary N) is 1. The van der Waals surface area contributed by atoms with Crippen LogP contribution in [0, 0.1) is 13.8 Å². The highest BCUT2D eigenvalue weighted by Crippen LogP contribution is 2.32. The summed E-state index contributed by atoms with van der Waals surface area (Å²) in [5, 5.41) is 0.342. The molecular weight excluding hydrogens is 418 g/mol. The summed E-state index contributed by atoms with van der Waals surface area (Å²) in [6.45, 7) is 6.18. The molecule has 1 N–H and O–H groups in total. The molecule has 0 spiro atoms. The number of fused-ring (bicyclic) bond motifs is 1. The third-order valence-corrected chi connectivity index (χ3v) is 5.40. The largest absolute Gasteiger partial charge is 0.460 e. The van der Waals surface area contributed by atoms with Gasteiger partial charge in [0.2, 0.25) is 5.43 Å². The maximum absolute atomic E-state index is 13.3. The molecule has 5 rings (SSSR count). The van der Waals surface area contributed by atoms with Crippen molar-refractivity contribution < 1.29 is 9.15 Å². The van der Waals surface area contributed by atoms with Crippen LogP contribution in [0.25, 0.3) is 33.9 Å². The van der Waals surface area contributed by atoms with Crippen molar-refractivity contribution >= 4 is 28.5 Å². The van der Waals surface area contributed by atoms with Gasteiger partial charge < -0.3 is 19.0 Å². The fraction of sp³-hybridized carbons (Fsp3) is 0.273. The molecule has 8 nitrogen and oxygen atoms in total. The van der Waals surface area contributed by atoms with Crippen LogP contribution in [0.4, 0.5) is 5.69 Å². The molecule has 158 valence electrons. The van der Waals surface area contributed by atoms with Crippen LogP contribution in [-0.4, -0.2) is 46.2 Å². The summed E-state index contributed by atoms with van der Waals surface area (Å²) in [6, 6.07) is 7.27. The molecule has 1 aliphatic rings. The fourth-order valence-corrected chi connectivity index (χ4v) is 4.01. The number of aromatic amines is 1. The minimum atomic E-state index is -0.177. The zero-order valence-electron chi connectivity index (χ0n) is 17.1. The Hall–Kier alpha value is -3.23. The lowest BCUT2D eigenvalue weighted by Gasteiger charge is -2.28. The number of aromatic nitrogens is 4. The van der Waals surface area contributed by atoms with E-state index in [1.807, 2.05) is 36.9 Å². The molecule has 0 unspecified atom stereocenters. The molecule has 31 heavy (non-hydrogen) atoms. The van der Waals surface area contributed by atoms with Crippen LogP contribution in [0.2, 0.25) is 5.15 Å². The quantitative estimate of drug-likeness (QED) is 0.487. The molecule has 1 fully saturated rings. The Balaban J connectivity index is 1.76. The SMILES string of the molecule is Cc1cc(-c2nc3c(=O)c(N4CCOCC4)c[nH]c3nc2-c2ccc(C)o2)cc(Cl)n1. The first-order valence-electron chi connectivity index (χ1n) is 9.97. The highest BCUT2D eigenvalue weighted by Gasteiger charge is 2.21. The lowest BCUT2D eigenvalue weighted by molar-refractivity contribution is 0.122. The van der Waals surface area contributed by atoms with Crippen molar-refractivity contribution in [3.05, 3.63) is 57.3 Å². The minimum absolute atomic E-state index is 0.177. The third-order valence-electron chi connectivity index (χ3n) is 5.21. The number of morpholine rings is 1. The van der Waals surface area contributed by atoms with Crippen molar-refractivity contribution in [3.63, 3.8) is 0 Å². The predicted octanol–water partition coefficient (Wildman–Crippen LogP) is 3.75. The molecule has 1 aliphatic heterocycles. The second-order valence-electron chi connectivity index (χ2n) is 7.45. The summed E-state index contributed by atoms with van der Waals surface area (Å²) in [5.74, 6) is 1.31. The van der Waals surface area contributed by atoms with E-state index in [-0.39, 0.29) is 10.9 Å². The molecule has 0 aromatic carbocycles. The van der Waals surface area contributed by atoms with E-state index in [4.69, 9.17) is 30.7 Å². The van der Waals surface area contributed by atoms with Crippen LogP contribution in [0.3, 0.4) is 0 Å². The number of hydrogen-bond donors (Lipinski definition) is 1. The van der Waals surface area contributed by atoms with Gasteiger partial charge in [0.05, 0.1) is 13.2 Å². The van der Waals surface area contributed by atoms with Gasteiger partial charge in [-0.15, -0.1) is 0 Å². The molecule has 0 atom stereocenters. The van der Waals surface area contributed by atoms with Crippen LogP contribution in [0.1, 0.15) is 11.5 Å². The van der Waals surface area contributed by atoms with Crippen molar-refractivity contribution in [2.24, 2.45) is 0 Å². The number of nitrogens with zero attached hydrogens (tertiary/aromatic N) is 4. The third kappa shape index (κ3) is 3.68. The number of anilines is 1. The highest BCUT2D eigenvalue weighted by atomic mass is 35.5. The summed E-state index contributed by atoms with van der Waals surface area (Å²) in [5.41, 5.74) is 3.53. The number of hydrogen-bond acceptors (Lipinski definition) is 7. The monoisotopic (exact) mass is 437 g/mol. The number of rotatable bonds is 3. The van der Waals surface area contributed by atoms with Gasteiger partial charge in [-0.25, -0.2) is 15.0 Å². The number of pyridine rings is 2. The van der Waals surface area contributed by atoms with E-state index in [1.54, 1.807) is 12.3 Å². The smallest absolute Gasteiger partial charge is 0.232 e. The molecule has 9 heteroatoms. The standard InChI is InChI=1S/C22H20ClN5O3/c1-12-9-14(10-17(23)25-12)18-19(16-4-3-13(2)31-16)27-22-20(26-18)21(29)15(11-24-22)28-5-7-30-8-6-28/h3-4,9-11H,5-8H2,1-2H3,(H,24,27,29). The van der Waals surface area contributed by atoms with E-state index in [1.165, 1.54) is 0 Å². The molecule has 0 amide bonds. The number of ether oxygens (including phenoxy) is 1. The van der Waals surface area contributed by atoms with Gasteiger partial charge in [-0.1, -0.05) is 11.6 Å². The van der Waals surface area contributed by atoms with Crippen molar-refractivity contribution in [2.75, 3.05) is 31.2 Å². The van der Waals surface area contributed by atoms with E-state index in [0.717, 1.165) is 11.5 Å². The van der Waals surface area contributed by atoms with Crippen LogP contribution >= 0.6 is 11.6 Å². The van der Waals surface area contributed by atoms with E-state index < -0.39 is 0 Å². The topological polar surface area (TPSA) is 97.1 Å². The second kappa shape index (κ2) is 7.79. The van der Waals surface area contributed by atoms with Crippen molar-refractivity contribution in [1.29, 1.82) is 0 Å². The van der Waals surface area contributed by atoms with Crippen LogP contribution < -0.4 is 10.3 Å². The molecular formula is C22H20ClN5O3. The van der Waals surface area contributed by atoms with Crippen LogP contribution in [0.5, 0.6) is 0 Å². The Bertz CT molecular complexity index is 1320. The van der Waals surface area contributed by atoms with Crippen molar-refractivity contribution in [2.45, 2.75) is 13.8 Å². The Morgan fingerprint density at radius 1 is 1.06 bits per heavy atom. The Morgan fingerprint density at radius 3 is 2.58 bits per heavy atom. The first-order chi connectivity index (χ1) is 15.0. The Kier molecular flexibility index (Phi) is 4.95. The highest BCUT2D eigenvalue weighted by molar-refractivity contribution is 6.29. The lowest BCUT2D eigenvalue weighted by atomic mass is 10.1. The van der Waals surface area contributed by atoms with Crippen LogP contribution in [-0.2, 0) is 4.74 Å². The number of aryl methyl sites for hydroxylation is 2. The average molecular weight is 438 g/mol. The first kappa shape index (κ1) is 19.7. The normalized spacial score (nSPS) is 14.4. The molecule has 5 heterocycles. The maximum atomic E-state index is 13.3. The van der Waals surface area contributed by atoms with Gasteiger partial charge >= 0.3 is 0 Å². The van der Waals surface area contributed by atoms with Gasteiger partial charge in [-0.2, -0.15) is 0 Å². The summed E-state index contributed by atoms with van der Waals surface area (Å²) in [4.78, 5) is 32.2. The van der Waals surface area contributed by atoms with E-state index >= 15 is 0 Å². The lowest BCUT2D eigenvalue weighted by Crippen LogP contribution is -2.39. The predicted molar refractivity (Wildman–Crippen MR) is 119 cm³/mol. The van der Waals surface area contributed by atoms with E-state index in [9.17, 15) is 4.79 Å². The van der Waals surface area contributed by atoms with Gasteiger partial charge in [0.15, 0.2) is 16.9 Å². The van der Waals surface area contributed by atoms with Crippen LogP contribution in [0.15, 0.2) is 39.7 Å². The first-order valence-corrected chi connectivity index (χ1v) is 10.3. The Morgan fingerprint density at radius 2 is 1.87 bits per heavy atom. The Labute approximate surface area is 182 Å². The number of halogens is 1. The number of furan rings is 1. The van der Waals surface area contributed by atoms with Gasteiger partial charge in [0.1, 0.15) is 28.0 Å². The summed E-state index contributed by atoms with van der Waals surface area (Å²) >= 11 is 6.21. The van der Waals surface area contributed by atoms with Gasteiger partial charge in [-0.3, -0.25) is 4.79 Å². The minimum Gasteiger partial charge on any atom is -0.460 e. The maximum Gasteiger partial charge on any atom is 0.232 e.